The summed E-state index contributed by atoms with van der Waals surface area (Å²) in [7, 11) is 3.27. The summed E-state index contributed by atoms with van der Waals surface area (Å²) in [6.45, 7) is 3.45. The molecule has 1 aromatic rings. The summed E-state index contributed by atoms with van der Waals surface area (Å²) in [6, 6.07) is 5.95. The van der Waals surface area contributed by atoms with E-state index in [0.717, 1.165) is 36.3 Å². The van der Waals surface area contributed by atoms with Crippen molar-refractivity contribution in [1.82, 2.24) is 0 Å². The Kier molecular flexibility index (Phi) is 5.04. The third kappa shape index (κ3) is 3.39. The van der Waals surface area contributed by atoms with Crippen molar-refractivity contribution in [2.24, 2.45) is 5.92 Å². The highest BCUT2D eigenvalue weighted by Gasteiger charge is 2.47. The molecule has 2 fully saturated rings. The van der Waals surface area contributed by atoms with Crippen LogP contribution in [0.15, 0.2) is 18.2 Å². The highest BCUT2D eigenvalue weighted by Crippen LogP contribution is 2.44. The Morgan fingerprint density at radius 3 is 2.25 bits per heavy atom. The van der Waals surface area contributed by atoms with Crippen LogP contribution in [-0.4, -0.2) is 43.9 Å². The van der Waals surface area contributed by atoms with E-state index >= 15 is 0 Å². The minimum atomic E-state index is -0.673. The van der Waals surface area contributed by atoms with Crippen molar-refractivity contribution in [2.45, 2.75) is 50.4 Å². The Bertz CT molecular complexity index is 555. The molecule has 1 spiro atoms. The van der Waals surface area contributed by atoms with Crippen molar-refractivity contribution in [3.05, 3.63) is 23.8 Å². The Morgan fingerprint density at radius 2 is 1.67 bits per heavy atom. The van der Waals surface area contributed by atoms with Crippen LogP contribution in [0.25, 0.3) is 0 Å². The zero-order valence-corrected chi connectivity index (χ0v) is 14.8. The highest BCUT2D eigenvalue weighted by atomic mass is 16.7. The molecule has 1 saturated heterocycles. The number of hydrogen-bond acceptors (Lipinski definition) is 5. The second-order valence-corrected chi connectivity index (χ2v) is 7.01. The Labute approximate surface area is 143 Å². The average Bonchev–Trinajstić information content (AvgIpc) is 3.06. The number of benzene rings is 1. The van der Waals surface area contributed by atoms with Gasteiger partial charge < -0.3 is 24.1 Å². The molecule has 5 heteroatoms. The van der Waals surface area contributed by atoms with Gasteiger partial charge in [-0.3, -0.25) is 0 Å². The van der Waals surface area contributed by atoms with Crippen LogP contribution in [0.2, 0.25) is 0 Å². The predicted octanol–water partition coefficient (Wildman–Crippen LogP) is 2.93. The van der Waals surface area contributed by atoms with Crippen molar-refractivity contribution < 1.29 is 24.1 Å². The standard InChI is InChI=1S/C19H28O5/c1-14(12-15-4-5-16(21-2)17(13-15)22-3)18(20)6-8-19(9-7-18)23-10-11-24-19/h4-5,13-14,20H,6-12H2,1-3H3. The maximum absolute atomic E-state index is 11.1. The molecular weight excluding hydrogens is 308 g/mol. The van der Waals surface area contributed by atoms with Gasteiger partial charge in [0.2, 0.25) is 0 Å². The molecule has 0 amide bonds. The van der Waals surface area contributed by atoms with Gasteiger partial charge in [0.05, 0.1) is 33.0 Å². The number of methoxy groups -OCH3 is 2. The molecule has 24 heavy (non-hydrogen) atoms. The molecule has 1 N–H and O–H groups in total. The fourth-order valence-corrected chi connectivity index (χ4v) is 3.89. The van der Waals surface area contributed by atoms with E-state index < -0.39 is 11.4 Å². The molecule has 5 nitrogen and oxygen atoms in total. The van der Waals surface area contributed by atoms with E-state index in [-0.39, 0.29) is 5.92 Å². The zero-order valence-electron chi connectivity index (χ0n) is 14.8. The van der Waals surface area contributed by atoms with E-state index in [0.29, 0.717) is 26.1 Å². The number of rotatable bonds is 5. The van der Waals surface area contributed by atoms with E-state index in [1.807, 2.05) is 18.2 Å². The van der Waals surface area contributed by atoms with Crippen molar-refractivity contribution in [3.8, 4) is 11.5 Å². The van der Waals surface area contributed by atoms with Gasteiger partial charge in [-0.2, -0.15) is 0 Å². The van der Waals surface area contributed by atoms with Crippen LogP contribution >= 0.6 is 0 Å². The largest absolute Gasteiger partial charge is 0.493 e. The second-order valence-electron chi connectivity index (χ2n) is 7.01. The van der Waals surface area contributed by atoms with Crippen LogP contribution in [0, 0.1) is 5.92 Å². The van der Waals surface area contributed by atoms with E-state index in [1.165, 1.54) is 0 Å². The van der Waals surface area contributed by atoms with Crippen molar-refractivity contribution in [3.63, 3.8) is 0 Å². The SMILES string of the molecule is COc1ccc(CC(C)C2(O)CCC3(CC2)OCCO3)cc1OC. The molecule has 2 aliphatic rings. The fraction of sp³-hybridized carbons (Fsp3) is 0.684. The van der Waals surface area contributed by atoms with Gasteiger partial charge in [0.15, 0.2) is 17.3 Å². The molecule has 1 aromatic carbocycles. The van der Waals surface area contributed by atoms with Gasteiger partial charge in [-0.25, -0.2) is 0 Å². The zero-order chi connectivity index (χ0) is 17.2. The number of ether oxygens (including phenoxy) is 4. The second kappa shape index (κ2) is 6.90. The first-order valence-electron chi connectivity index (χ1n) is 8.71. The quantitative estimate of drug-likeness (QED) is 0.896. The van der Waals surface area contributed by atoms with E-state index in [2.05, 4.69) is 6.92 Å². The predicted molar refractivity (Wildman–Crippen MR) is 90.5 cm³/mol. The van der Waals surface area contributed by atoms with Crippen molar-refractivity contribution in [2.75, 3.05) is 27.4 Å². The van der Waals surface area contributed by atoms with Crippen LogP contribution < -0.4 is 9.47 Å². The third-order valence-corrected chi connectivity index (χ3v) is 5.60. The Morgan fingerprint density at radius 1 is 1.04 bits per heavy atom. The molecular formula is C19H28O5. The van der Waals surface area contributed by atoms with Crippen LogP contribution in [-0.2, 0) is 15.9 Å². The molecule has 1 atom stereocenters. The van der Waals surface area contributed by atoms with Gasteiger partial charge in [-0.05, 0) is 42.9 Å². The first-order valence-corrected chi connectivity index (χ1v) is 8.71. The smallest absolute Gasteiger partial charge is 0.168 e. The molecule has 0 bridgehead atoms. The summed E-state index contributed by atoms with van der Waals surface area (Å²) in [6.07, 6.45) is 3.74. The lowest BCUT2D eigenvalue weighted by Crippen LogP contribution is -2.47. The summed E-state index contributed by atoms with van der Waals surface area (Å²) in [5, 5.41) is 11.1. The van der Waals surface area contributed by atoms with Crippen LogP contribution in [0.5, 0.6) is 11.5 Å². The van der Waals surface area contributed by atoms with Gasteiger partial charge in [0.1, 0.15) is 0 Å². The topological polar surface area (TPSA) is 57.2 Å². The van der Waals surface area contributed by atoms with Crippen molar-refractivity contribution in [1.29, 1.82) is 0 Å². The van der Waals surface area contributed by atoms with Crippen LogP contribution in [0.1, 0.15) is 38.2 Å². The molecule has 1 aliphatic heterocycles. The Hall–Kier alpha value is -1.30. The maximum Gasteiger partial charge on any atom is 0.168 e. The molecule has 0 radical (unpaired) electrons. The highest BCUT2D eigenvalue weighted by molar-refractivity contribution is 5.43. The fourth-order valence-electron chi connectivity index (χ4n) is 3.89. The van der Waals surface area contributed by atoms with Gasteiger partial charge in [-0.1, -0.05) is 13.0 Å². The molecule has 1 heterocycles. The lowest BCUT2D eigenvalue weighted by molar-refractivity contribution is -0.209. The third-order valence-electron chi connectivity index (χ3n) is 5.60. The van der Waals surface area contributed by atoms with Crippen molar-refractivity contribution >= 4 is 0 Å². The molecule has 1 saturated carbocycles. The summed E-state index contributed by atoms with van der Waals surface area (Å²) in [4.78, 5) is 0. The first kappa shape index (κ1) is 17.5. The lowest BCUT2D eigenvalue weighted by atomic mass is 9.72. The number of hydrogen-bond donors (Lipinski definition) is 1. The molecule has 134 valence electrons. The minimum absolute atomic E-state index is 0.148. The normalized spacial score (nSPS) is 23.2. The molecule has 1 aliphatic carbocycles. The summed E-state index contributed by atoms with van der Waals surface area (Å²) < 4.78 is 22.2. The summed E-state index contributed by atoms with van der Waals surface area (Å²) in [5.74, 6) is 1.16. The summed E-state index contributed by atoms with van der Waals surface area (Å²) >= 11 is 0. The van der Waals surface area contributed by atoms with Gasteiger partial charge in [-0.15, -0.1) is 0 Å². The maximum atomic E-state index is 11.1. The van der Waals surface area contributed by atoms with E-state index in [9.17, 15) is 5.11 Å². The van der Waals surface area contributed by atoms with Crippen LogP contribution in [0.4, 0.5) is 0 Å². The lowest BCUT2D eigenvalue weighted by Gasteiger charge is -2.43. The van der Waals surface area contributed by atoms with E-state index in [1.54, 1.807) is 14.2 Å². The van der Waals surface area contributed by atoms with Gasteiger partial charge >= 0.3 is 0 Å². The van der Waals surface area contributed by atoms with E-state index in [4.69, 9.17) is 18.9 Å². The molecule has 3 rings (SSSR count). The van der Waals surface area contributed by atoms with Crippen LogP contribution in [0.3, 0.4) is 0 Å². The first-order chi connectivity index (χ1) is 11.5. The van der Waals surface area contributed by atoms with Gasteiger partial charge in [0, 0.05) is 12.8 Å². The number of aliphatic hydroxyl groups is 1. The average molecular weight is 336 g/mol. The van der Waals surface area contributed by atoms with Gasteiger partial charge in [0.25, 0.3) is 0 Å². The minimum Gasteiger partial charge on any atom is -0.493 e. The Balaban J connectivity index is 1.65. The molecule has 1 unspecified atom stereocenters. The molecule has 0 aromatic heterocycles. The summed E-state index contributed by atoms with van der Waals surface area (Å²) in [5.41, 5.74) is 0.468. The monoisotopic (exact) mass is 336 g/mol.